The summed E-state index contributed by atoms with van der Waals surface area (Å²) in [6, 6.07) is 0.265. The number of carbonyl (C=O) groups excluding carboxylic acids is 1. The van der Waals surface area contributed by atoms with Crippen molar-refractivity contribution in [3.63, 3.8) is 0 Å². The summed E-state index contributed by atoms with van der Waals surface area (Å²) < 4.78 is 0. The lowest BCUT2D eigenvalue weighted by Gasteiger charge is -1.95. The Morgan fingerprint density at radius 1 is 1.50 bits per heavy atom. The molecule has 2 N–H and O–H groups in total. The lowest BCUT2D eigenvalue weighted by atomic mass is 10.1. The van der Waals surface area contributed by atoms with E-state index in [0.717, 1.165) is 19.3 Å². The highest BCUT2D eigenvalue weighted by Gasteiger charge is 2.20. The van der Waals surface area contributed by atoms with Crippen molar-refractivity contribution in [1.82, 2.24) is 0 Å². The van der Waals surface area contributed by atoms with Gasteiger partial charge in [-0.1, -0.05) is 0 Å². The van der Waals surface area contributed by atoms with Gasteiger partial charge in [0.1, 0.15) is 0 Å². The Hall–Kier alpha value is -0.370. The van der Waals surface area contributed by atoms with Crippen LogP contribution in [0.2, 0.25) is 0 Å². The van der Waals surface area contributed by atoms with Gasteiger partial charge in [0, 0.05) is 12.0 Å². The van der Waals surface area contributed by atoms with Crippen LogP contribution in [0, 0.1) is 5.92 Å². The number of hydrogen-bond donors (Lipinski definition) is 1. The Balaban J connectivity index is 2.32. The van der Waals surface area contributed by atoms with Crippen LogP contribution < -0.4 is 5.73 Å². The van der Waals surface area contributed by atoms with Crippen molar-refractivity contribution in [3.8, 4) is 0 Å². The highest BCUT2D eigenvalue weighted by Crippen LogP contribution is 2.21. The van der Waals surface area contributed by atoms with Gasteiger partial charge in [-0.05, 0) is 19.3 Å². The zero-order chi connectivity index (χ0) is 5.98. The first-order chi connectivity index (χ1) is 3.83. The molecule has 1 saturated carbocycles. The maximum absolute atomic E-state index is 9.97. The molecule has 1 fully saturated rings. The summed E-state index contributed by atoms with van der Waals surface area (Å²) in [4.78, 5) is 9.97. The van der Waals surface area contributed by atoms with Crippen molar-refractivity contribution < 1.29 is 4.79 Å². The van der Waals surface area contributed by atoms with Gasteiger partial charge >= 0.3 is 0 Å². The Morgan fingerprint density at radius 3 is 2.50 bits per heavy atom. The van der Waals surface area contributed by atoms with Gasteiger partial charge in [0.2, 0.25) is 6.29 Å². The molecule has 1 aliphatic carbocycles. The Bertz CT molecular complexity index is 92.5. The first-order valence-corrected chi connectivity index (χ1v) is 2.96. The molecule has 0 spiro atoms. The van der Waals surface area contributed by atoms with Crippen LogP contribution in [0.15, 0.2) is 0 Å². The topological polar surface area (TPSA) is 43.1 Å². The second kappa shape index (κ2) is 2.27. The van der Waals surface area contributed by atoms with Crippen molar-refractivity contribution in [1.29, 1.82) is 0 Å². The maximum Gasteiger partial charge on any atom is 0.201 e. The summed E-state index contributed by atoms with van der Waals surface area (Å²) in [5, 5.41) is 0. The molecule has 1 rings (SSSR count). The molecule has 2 heteroatoms. The zero-order valence-electron chi connectivity index (χ0n) is 4.76. The Kier molecular flexibility index (Phi) is 1.63. The van der Waals surface area contributed by atoms with Crippen molar-refractivity contribution in [3.05, 3.63) is 0 Å². The van der Waals surface area contributed by atoms with Gasteiger partial charge in [-0.3, -0.25) is 4.79 Å². The quantitative estimate of drug-likeness (QED) is 0.527. The standard InChI is InChI=1S/C6H10NO/c7-6-2-1-5(3-6)4-8/h5-6H,1-3,7H2. The molecule has 0 heterocycles. The fraction of sp³-hybridized carbons (Fsp3) is 0.833. The molecule has 0 amide bonds. The lowest BCUT2D eigenvalue weighted by Crippen LogP contribution is -2.14. The molecule has 0 aliphatic heterocycles. The summed E-state index contributed by atoms with van der Waals surface area (Å²) in [6.45, 7) is 0. The Labute approximate surface area is 49.1 Å². The number of hydrogen-bond acceptors (Lipinski definition) is 2. The van der Waals surface area contributed by atoms with Crippen LogP contribution in [0.5, 0.6) is 0 Å². The normalized spacial score (nSPS) is 37.6. The second-order valence-corrected chi connectivity index (χ2v) is 2.39. The van der Waals surface area contributed by atoms with Crippen LogP contribution >= 0.6 is 0 Å². The van der Waals surface area contributed by atoms with E-state index in [1.165, 1.54) is 0 Å². The number of rotatable bonds is 1. The third-order valence-corrected chi connectivity index (χ3v) is 1.64. The van der Waals surface area contributed by atoms with E-state index in [4.69, 9.17) is 5.73 Å². The molecule has 0 bridgehead atoms. The van der Waals surface area contributed by atoms with Crippen LogP contribution in [-0.2, 0) is 4.79 Å². The van der Waals surface area contributed by atoms with Gasteiger partial charge in [0.25, 0.3) is 0 Å². The predicted molar refractivity (Wildman–Crippen MR) is 31.0 cm³/mol. The highest BCUT2D eigenvalue weighted by atomic mass is 16.1. The number of nitrogens with two attached hydrogens (primary N) is 1. The molecular formula is C6H10NO. The van der Waals surface area contributed by atoms with E-state index in [1.807, 2.05) is 6.29 Å². The SMILES string of the molecule is NC1CCC([C]=O)C1. The predicted octanol–water partition coefficient (Wildman–Crippen LogP) is 0.224. The van der Waals surface area contributed by atoms with E-state index < -0.39 is 0 Å². The van der Waals surface area contributed by atoms with Gasteiger partial charge in [-0.2, -0.15) is 0 Å². The van der Waals surface area contributed by atoms with Crippen molar-refractivity contribution in [2.45, 2.75) is 25.3 Å². The smallest absolute Gasteiger partial charge is 0.201 e. The molecule has 1 radical (unpaired) electrons. The maximum atomic E-state index is 9.97. The third kappa shape index (κ3) is 1.07. The van der Waals surface area contributed by atoms with E-state index in [2.05, 4.69) is 0 Å². The van der Waals surface area contributed by atoms with E-state index in [1.54, 1.807) is 0 Å². The highest BCUT2D eigenvalue weighted by molar-refractivity contribution is 5.55. The summed E-state index contributed by atoms with van der Waals surface area (Å²) in [5.41, 5.74) is 5.52. The summed E-state index contributed by atoms with van der Waals surface area (Å²) >= 11 is 0. The third-order valence-electron chi connectivity index (χ3n) is 1.64. The van der Waals surface area contributed by atoms with Crippen LogP contribution in [0.3, 0.4) is 0 Å². The molecule has 1 aliphatic rings. The molecule has 8 heavy (non-hydrogen) atoms. The summed E-state index contributed by atoms with van der Waals surface area (Å²) in [5.74, 6) is 0.144. The average Bonchev–Trinajstić information content (AvgIpc) is 2.14. The first kappa shape index (κ1) is 5.76. The molecule has 2 atom stereocenters. The van der Waals surface area contributed by atoms with Crippen LogP contribution in [0.25, 0.3) is 0 Å². The average molecular weight is 112 g/mol. The molecule has 0 aromatic carbocycles. The molecule has 0 saturated heterocycles. The lowest BCUT2D eigenvalue weighted by molar-refractivity contribution is 0.520. The summed E-state index contributed by atoms with van der Waals surface area (Å²) in [7, 11) is 0. The van der Waals surface area contributed by atoms with E-state index in [9.17, 15) is 4.79 Å². The van der Waals surface area contributed by atoms with Crippen LogP contribution in [-0.4, -0.2) is 12.3 Å². The fourth-order valence-corrected chi connectivity index (χ4v) is 1.12. The molecule has 0 aromatic heterocycles. The van der Waals surface area contributed by atoms with Gasteiger partial charge in [-0.15, -0.1) is 0 Å². The van der Waals surface area contributed by atoms with Crippen LogP contribution in [0.4, 0.5) is 0 Å². The minimum Gasteiger partial charge on any atom is -0.328 e. The van der Waals surface area contributed by atoms with Gasteiger partial charge < -0.3 is 5.73 Å². The monoisotopic (exact) mass is 112 g/mol. The van der Waals surface area contributed by atoms with E-state index in [-0.39, 0.29) is 12.0 Å². The zero-order valence-corrected chi connectivity index (χ0v) is 4.76. The van der Waals surface area contributed by atoms with Gasteiger partial charge in [0.05, 0.1) is 0 Å². The van der Waals surface area contributed by atoms with Crippen molar-refractivity contribution in [2.75, 3.05) is 0 Å². The minimum absolute atomic E-state index is 0.144. The Morgan fingerprint density at radius 2 is 2.25 bits per heavy atom. The van der Waals surface area contributed by atoms with Crippen molar-refractivity contribution >= 4 is 6.29 Å². The van der Waals surface area contributed by atoms with Crippen molar-refractivity contribution in [2.24, 2.45) is 11.7 Å². The molecule has 0 aromatic rings. The first-order valence-electron chi connectivity index (χ1n) is 2.96. The van der Waals surface area contributed by atoms with Crippen LogP contribution in [0.1, 0.15) is 19.3 Å². The fourth-order valence-electron chi connectivity index (χ4n) is 1.12. The molecule has 2 nitrogen and oxygen atoms in total. The molecular weight excluding hydrogens is 102 g/mol. The van der Waals surface area contributed by atoms with E-state index >= 15 is 0 Å². The second-order valence-electron chi connectivity index (χ2n) is 2.39. The van der Waals surface area contributed by atoms with Gasteiger partial charge in [0.15, 0.2) is 0 Å². The molecule has 45 valence electrons. The minimum atomic E-state index is 0.144. The summed E-state index contributed by atoms with van der Waals surface area (Å²) in [6.07, 6.45) is 4.76. The van der Waals surface area contributed by atoms with Gasteiger partial charge in [-0.25, -0.2) is 0 Å². The largest absolute Gasteiger partial charge is 0.328 e. The van der Waals surface area contributed by atoms with E-state index in [0.29, 0.717) is 0 Å². The molecule has 2 unspecified atom stereocenters.